The molecule has 0 unspecified atom stereocenters. The number of hydrogen-bond acceptors (Lipinski definition) is 2. The highest BCUT2D eigenvalue weighted by atomic mass is 127. The third-order valence-electron chi connectivity index (χ3n) is 1.69. The van der Waals surface area contributed by atoms with Gasteiger partial charge in [0.1, 0.15) is 0 Å². The number of thiophene rings is 1. The third-order valence-corrected chi connectivity index (χ3v) is 3.79. The largest absolute Gasteiger partial charge is 0.192 e. The summed E-state index contributed by atoms with van der Waals surface area (Å²) >= 11 is 9.61. The molecule has 2 rings (SSSR count). The smallest absolute Gasteiger partial charge is 0.0992 e. The highest BCUT2D eigenvalue weighted by Gasteiger charge is 2.05. The van der Waals surface area contributed by atoms with E-state index in [2.05, 4.69) is 28.7 Å². The fourth-order valence-electron chi connectivity index (χ4n) is 1.13. The average Bonchev–Trinajstić information content (AvgIpc) is 2.46. The van der Waals surface area contributed by atoms with Crippen LogP contribution in [0.1, 0.15) is 5.56 Å². The van der Waals surface area contributed by atoms with Crippen molar-refractivity contribution in [3.05, 3.63) is 31.7 Å². The van der Waals surface area contributed by atoms with Gasteiger partial charge >= 0.3 is 0 Å². The van der Waals surface area contributed by atoms with Crippen LogP contribution >= 0.6 is 45.5 Å². The highest BCUT2D eigenvalue weighted by molar-refractivity contribution is 14.1. The molecule has 0 bridgehead atoms. The maximum absolute atomic E-state index is 8.75. The van der Waals surface area contributed by atoms with Crippen molar-refractivity contribution >= 4 is 55.6 Å². The van der Waals surface area contributed by atoms with Gasteiger partial charge in [0.2, 0.25) is 0 Å². The first-order valence-electron chi connectivity index (χ1n) is 3.49. The van der Waals surface area contributed by atoms with E-state index in [-0.39, 0.29) is 0 Å². The van der Waals surface area contributed by atoms with E-state index >= 15 is 0 Å². The summed E-state index contributed by atoms with van der Waals surface area (Å²) in [5.74, 6) is 0. The van der Waals surface area contributed by atoms with Gasteiger partial charge in [-0.25, -0.2) is 0 Å². The minimum absolute atomic E-state index is 0.690. The van der Waals surface area contributed by atoms with E-state index in [4.69, 9.17) is 16.9 Å². The van der Waals surface area contributed by atoms with E-state index in [0.29, 0.717) is 5.56 Å². The van der Waals surface area contributed by atoms with Gasteiger partial charge in [-0.05, 0) is 40.8 Å². The number of halogens is 2. The first kappa shape index (κ1) is 9.25. The molecule has 0 radical (unpaired) electrons. The van der Waals surface area contributed by atoms with Crippen LogP contribution in [-0.2, 0) is 0 Å². The summed E-state index contributed by atoms with van der Waals surface area (Å²) < 4.78 is 2.92. The second kappa shape index (κ2) is 3.45. The Hall–Kier alpha value is -0.310. The van der Waals surface area contributed by atoms with E-state index in [9.17, 15) is 0 Å². The summed E-state index contributed by atoms with van der Waals surface area (Å²) in [5, 5.41) is 9.88. The van der Waals surface area contributed by atoms with Crippen LogP contribution in [0.3, 0.4) is 0 Å². The molecule has 1 nitrogen and oxygen atoms in total. The molecule has 0 aliphatic rings. The minimum Gasteiger partial charge on any atom is -0.192 e. The first-order chi connectivity index (χ1) is 6.20. The number of nitrogens with zero attached hydrogens (tertiary/aromatic N) is 1. The number of fused-ring (bicyclic) bond motifs is 1. The van der Waals surface area contributed by atoms with Gasteiger partial charge in [0.25, 0.3) is 0 Å². The quantitative estimate of drug-likeness (QED) is 0.673. The van der Waals surface area contributed by atoms with Crippen molar-refractivity contribution in [2.75, 3.05) is 0 Å². The van der Waals surface area contributed by atoms with Crippen molar-refractivity contribution in [1.82, 2.24) is 0 Å². The van der Waals surface area contributed by atoms with Crippen molar-refractivity contribution in [2.45, 2.75) is 0 Å². The number of hydrogen-bond donors (Lipinski definition) is 0. The van der Waals surface area contributed by atoms with Crippen LogP contribution in [0.5, 0.6) is 0 Å². The fourth-order valence-corrected chi connectivity index (χ4v) is 3.30. The van der Waals surface area contributed by atoms with Crippen molar-refractivity contribution in [3.8, 4) is 6.07 Å². The zero-order valence-corrected chi connectivity index (χ0v) is 10.1. The highest BCUT2D eigenvalue weighted by Crippen LogP contribution is 2.33. The predicted octanol–water partition coefficient (Wildman–Crippen LogP) is 4.03. The zero-order valence-electron chi connectivity index (χ0n) is 6.34. The van der Waals surface area contributed by atoms with Crippen LogP contribution in [0.15, 0.2) is 18.2 Å². The van der Waals surface area contributed by atoms with Gasteiger partial charge < -0.3 is 0 Å². The molecular weight excluding hydrogens is 317 g/mol. The van der Waals surface area contributed by atoms with Crippen LogP contribution < -0.4 is 0 Å². The summed E-state index contributed by atoms with van der Waals surface area (Å²) in [4.78, 5) is 0. The molecule has 0 saturated carbocycles. The van der Waals surface area contributed by atoms with E-state index < -0.39 is 0 Å². The average molecular weight is 320 g/mol. The molecule has 1 heterocycles. The molecule has 2 aromatic rings. The Morgan fingerprint density at radius 3 is 2.85 bits per heavy atom. The molecule has 64 valence electrons. The van der Waals surface area contributed by atoms with Crippen LogP contribution in [0, 0.1) is 14.9 Å². The SMILES string of the molecule is N#Cc1cc(I)c2cc(Cl)sc2c1. The molecule has 13 heavy (non-hydrogen) atoms. The lowest BCUT2D eigenvalue weighted by Gasteiger charge is -1.93. The van der Waals surface area contributed by atoms with Crippen molar-refractivity contribution in [2.24, 2.45) is 0 Å². The molecular formula is C9H3ClINS. The minimum atomic E-state index is 0.690. The second-order valence-electron chi connectivity index (χ2n) is 2.53. The standard InChI is InChI=1S/C9H3ClINS/c10-9-3-6-7(11)1-5(4-12)2-8(6)13-9/h1-3H. The van der Waals surface area contributed by atoms with E-state index in [1.165, 1.54) is 11.3 Å². The lowest BCUT2D eigenvalue weighted by atomic mass is 10.2. The fraction of sp³-hybridized carbons (Fsp3) is 0. The zero-order chi connectivity index (χ0) is 9.42. The summed E-state index contributed by atoms with van der Waals surface area (Å²) in [6.07, 6.45) is 0. The monoisotopic (exact) mass is 319 g/mol. The molecule has 0 spiro atoms. The molecule has 0 N–H and O–H groups in total. The normalized spacial score (nSPS) is 10.2. The van der Waals surface area contributed by atoms with E-state index in [1.807, 2.05) is 18.2 Å². The Bertz CT molecular complexity index is 512. The van der Waals surface area contributed by atoms with E-state index in [1.54, 1.807) is 0 Å². The molecule has 0 aliphatic carbocycles. The van der Waals surface area contributed by atoms with Gasteiger partial charge in [0.05, 0.1) is 16.0 Å². The Morgan fingerprint density at radius 1 is 1.38 bits per heavy atom. The third kappa shape index (κ3) is 1.66. The first-order valence-corrected chi connectivity index (χ1v) is 5.77. The van der Waals surface area contributed by atoms with Gasteiger partial charge in [-0.15, -0.1) is 11.3 Å². The lowest BCUT2D eigenvalue weighted by Crippen LogP contribution is -1.76. The lowest BCUT2D eigenvalue weighted by molar-refractivity contribution is 1.49. The number of rotatable bonds is 0. The van der Waals surface area contributed by atoms with Gasteiger partial charge in [-0.2, -0.15) is 5.26 Å². The number of benzene rings is 1. The molecule has 0 fully saturated rings. The van der Waals surface area contributed by atoms with Crippen LogP contribution in [0.4, 0.5) is 0 Å². The van der Waals surface area contributed by atoms with E-state index in [0.717, 1.165) is 18.0 Å². The summed E-state index contributed by atoms with van der Waals surface area (Å²) in [7, 11) is 0. The molecule has 1 aromatic heterocycles. The molecule has 1 aromatic carbocycles. The van der Waals surface area contributed by atoms with Crippen LogP contribution in [-0.4, -0.2) is 0 Å². The Labute approximate surface area is 98.1 Å². The maximum Gasteiger partial charge on any atom is 0.0992 e. The van der Waals surface area contributed by atoms with Crippen LogP contribution in [0.2, 0.25) is 4.34 Å². The number of nitriles is 1. The summed E-state index contributed by atoms with van der Waals surface area (Å²) in [6.45, 7) is 0. The summed E-state index contributed by atoms with van der Waals surface area (Å²) in [5.41, 5.74) is 0.690. The molecule has 0 aliphatic heterocycles. The van der Waals surface area contributed by atoms with Gasteiger partial charge in [-0.3, -0.25) is 0 Å². The Kier molecular flexibility index (Phi) is 2.45. The molecule has 0 atom stereocenters. The molecule has 4 heteroatoms. The van der Waals surface area contributed by atoms with Crippen molar-refractivity contribution < 1.29 is 0 Å². The van der Waals surface area contributed by atoms with Crippen LogP contribution in [0.25, 0.3) is 10.1 Å². The van der Waals surface area contributed by atoms with Crippen molar-refractivity contribution in [3.63, 3.8) is 0 Å². The Balaban J connectivity index is 2.85. The second-order valence-corrected chi connectivity index (χ2v) is 5.41. The predicted molar refractivity (Wildman–Crippen MR) is 64.3 cm³/mol. The molecule has 0 saturated heterocycles. The van der Waals surface area contributed by atoms with Gasteiger partial charge in [0.15, 0.2) is 0 Å². The molecule has 0 amide bonds. The Morgan fingerprint density at radius 2 is 2.15 bits per heavy atom. The van der Waals surface area contributed by atoms with Gasteiger partial charge in [-0.1, -0.05) is 11.6 Å². The van der Waals surface area contributed by atoms with Crippen molar-refractivity contribution in [1.29, 1.82) is 5.26 Å². The topological polar surface area (TPSA) is 23.8 Å². The maximum atomic E-state index is 8.75. The van der Waals surface area contributed by atoms with Gasteiger partial charge in [0, 0.05) is 13.7 Å². The summed E-state index contributed by atoms with van der Waals surface area (Å²) in [6, 6.07) is 7.80.